The quantitative estimate of drug-likeness (QED) is 0.764. The summed E-state index contributed by atoms with van der Waals surface area (Å²) in [5.74, 6) is 0.189. The fraction of sp³-hybridized carbons (Fsp3) is 0.333. The summed E-state index contributed by atoms with van der Waals surface area (Å²) in [5.41, 5.74) is 2.97. The third-order valence-corrected chi connectivity index (χ3v) is 4.57. The number of carbonyl (C=O) groups excluding carboxylic acids is 1. The van der Waals surface area contributed by atoms with Gasteiger partial charge in [0.05, 0.1) is 15.9 Å². The molecule has 2 aromatic rings. The number of aromatic nitrogens is 2. The Morgan fingerprint density at radius 2 is 2.05 bits per heavy atom. The van der Waals surface area contributed by atoms with Gasteiger partial charge in [0.15, 0.2) is 0 Å². The van der Waals surface area contributed by atoms with Crippen molar-refractivity contribution in [3.8, 4) is 0 Å². The summed E-state index contributed by atoms with van der Waals surface area (Å²) in [5, 5.41) is 4.41. The van der Waals surface area contributed by atoms with Crippen molar-refractivity contribution in [2.75, 3.05) is 0 Å². The van der Waals surface area contributed by atoms with Gasteiger partial charge in [0, 0.05) is 24.4 Å². The molecule has 0 N–H and O–H groups in total. The van der Waals surface area contributed by atoms with Crippen LogP contribution < -0.4 is 0 Å². The predicted molar refractivity (Wildman–Crippen MR) is 86.8 cm³/mol. The topological polar surface area (TPSA) is 34.9 Å². The smallest absolute Gasteiger partial charge is 0.143 e. The number of aryl methyl sites for hydroxylation is 2. The lowest BCUT2D eigenvalue weighted by Gasteiger charge is -2.04. The minimum atomic E-state index is 0.189. The summed E-state index contributed by atoms with van der Waals surface area (Å²) in [6.45, 7) is 2.06. The molecule has 0 atom stereocenters. The number of carbonyl (C=O) groups is 1. The van der Waals surface area contributed by atoms with Crippen LogP contribution in [-0.4, -0.2) is 15.6 Å². The van der Waals surface area contributed by atoms with Crippen LogP contribution in [0.3, 0.4) is 0 Å². The first-order chi connectivity index (χ1) is 9.51. The van der Waals surface area contributed by atoms with Gasteiger partial charge in [-0.2, -0.15) is 5.10 Å². The normalized spacial score (nSPS) is 10.8. The van der Waals surface area contributed by atoms with Crippen molar-refractivity contribution < 1.29 is 4.79 Å². The maximum Gasteiger partial charge on any atom is 0.143 e. The second-order valence-electron chi connectivity index (χ2n) is 4.71. The number of nitrogens with zero attached hydrogens (tertiary/aromatic N) is 2. The van der Waals surface area contributed by atoms with E-state index in [4.69, 9.17) is 0 Å². The molecule has 3 nitrogen and oxygen atoms in total. The molecule has 0 saturated carbocycles. The summed E-state index contributed by atoms with van der Waals surface area (Å²) in [6, 6.07) is 7.85. The molecule has 0 aliphatic heterocycles. The highest BCUT2D eigenvalue weighted by atomic mass is 79.9. The monoisotopic (exact) mass is 398 g/mol. The van der Waals surface area contributed by atoms with Crippen molar-refractivity contribution in [2.45, 2.75) is 26.2 Å². The molecule has 106 valence electrons. The molecule has 0 radical (unpaired) electrons. The zero-order chi connectivity index (χ0) is 14.7. The van der Waals surface area contributed by atoms with Crippen LogP contribution in [0, 0.1) is 0 Å². The van der Waals surface area contributed by atoms with Crippen LogP contribution in [0.4, 0.5) is 0 Å². The zero-order valence-corrected chi connectivity index (χ0v) is 14.7. The Balaban J connectivity index is 2.10. The van der Waals surface area contributed by atoms with Gasteiger partial charge in [-0.25, -0.2) is 0 Å². The van der Waals surface area contributed by atoms with E-state index in [9.17, 15) is 4.79 Å². The first-order valence-electron chi connectivity index (χ1n) is 6.47. The molecule has 0 saturated heterocycles. The largest absolute Gasteiger partial charge is 0.299 e. The maximum absolute atomic E-state index is 12.2. The van der Waals surface area contributed by atoms with Crippen LogP contribution in [-0.2, 0) is 31.1 Å². The molecule has 1 heterocycles. The first-order valence-corrected chi connectivity index (χ1v) is 8.06. The van der Waals surface area contributed by atoms with Crippen molar-refractivity contribution in [1.82, 2.24) is 9.78 Å². The van der Waals surface area contributed by atoms with Crippen LogP contribution in [0.1, 0.15) is 23.9 Å². The van der Waals surface area contributed by atoms with Crippen molar-refractivity contribution in [3.05, 3.63) is 50.2 Å². The third kappa shape index (κ3) is 3.58. The standard InChI is InChI=1S/C15H16Br2N2O/c1-3-13-15(17)14(19(2)18-13)9-12(20)8-10-5-4-6-11(16)7-10/h4-7H,3,8-9H2,1-2H3. The van der Waals surface area contributed by atoms with Gasteiger partial charge in [-0.3, -0.25) is 9.48 Å². The molecule has 5 heteroatoms. The van der Waals surface area contributed by atoms with E-state index < -0.39 is 0 Å². The Morgan fingerprint density at radius 3 is 2.65 bits per heavy atom. The summed E-state index contributed by atoms with van der Waals surface area (Å²) in [4.78, 5) is 12.2. The van der Waals surface area contributed by atoms with Crippen LogP contribution in [0.15, 0.2) is 33.2 Å². The van der Waals surface area contributed by atoms with Crippen LogP contribution >= 0.6 is 31.9 Å². The molecular weight excluding hydrogens is 384 g/mol. The molecule has 0 aliphatic rings. The van der Waals surface area contributed by atoms with Gasteiger partial charge in [0.2, 0.25) is 0 Å². The molecule has 20 heavy (non-hydrogen) atoms. The van der Waals surface area contributed by atoms with Crippen LogP contribution in [0.2, 0.25) is 0 Å². The summed E-state index contributed by atoms with van der Waals surface area (Å²) < 4.78 is 3.75. The molecule has 2 rings (SSSR count). The van der Waals surface area contributed by atoms with Gasteiger partial charge in [0.25, 0.3) is 0 Å². The van der Waals surface area contributed by atoms with Gasteiger partial charge in [-0.15, -0.1) is 0 Å². The first kappa shape index (κ1) is 15.4. The number of Topliss-reactive ketones (excluding diaryl/α,β-unsaturated/α-hetero) is 1. The summed E-state index contributed by atoms with van der Waals surface area (Å²) >= 11 is 6.97. The average molecular weight is 400 g/mol. The predicted octanol–water partition coefficient (Wildman–Crippen LogP) is 3.86. The average Bonchev–Trinajstić information content (AvgIpc) is 2.66. The number of ketones is 1. The van der Waals surface area contributed by atoms with E-state index in [1.807, 2.05) is 31.3 Å². The Hall–Kier alpha value is -0.940. The highest BCUT2D eigenvalue weighted by molar-refractivity contribution is 9.10. The second kappa shape index (κ2) is 6.68. The number of hydrogen-bond acceptors (Lipinski definition) is 2. The second-order valence-corrected chi connectivity index (χ2v) is 6.42. The summed E-state index contributed by atoms with van der Waals surface area (Å²) in [7, 11) is 1.88. The molecule has 1 aromatic carbocycles. The number of halogens is 2. The van der Waals surface area contributed by atoms with Gasteiger partial charge in [-0.1, -0.05) is 35.0 Å². The van der Waals surface area contributed by atoms with Crippen molar-refractivity contribution in [3.63, 3.8) is 0 Å². The Labute approximate surface area is 135 Å². The number of rotatable bonds is 5. The lowest BCUT2D eigenvalue weighted by atomic mass is 10.1. The van der Waals surface area contributed by atoms with E-state index in [1.165, 1.54) is 0 Å². The van der Waals surface area contributed by atoms with Crippen molar-refractivity contribution in [1.29, 1.82) is 0 Å². The van der Waals surface area contributed by atoms with Crippen LogP contribution in [0.25, 0.3) is 0 Å². The fourth-order valence-electron chi connectivity index (χ4n) is 2.14. The fourth-order valence-corrected chi connectivity index (χ4v) is 3.34. The minimum absolute atomic E-state index is 0.189. The molecule has 0 spiro atoms. The highest BCUT2D eigenvalue weighted by Crippen LogP contribution is 2.22. The lowest BCUT2D eigenvalue weighted by molar-refractivity contribution is -0.117. The van der Waals surface area contributed by atoms with Crippen molar-refractivity contribution >= 4 is 37.6 Å². The molecule has 0 aliphatic carbocycles. The molecule has 0 unspecified atom stereocenters. The van der Waals surface area contributed by atoms with Gasteiger partial charge < -0.3 is 0 Å². The Bertz CT molecular complexity index is 635. The molecule has 0 fully saturated rings. The van der Waals surface area contributed by atoms with Gasteiger partial charge in [0.1, 0.15) is 5.78 Å². The maximum atomic E-state index is 12.2. The summed E-state index contributed by atoms with van der Waals surface area (Å²) in [6.07, 6.45) is 1.70. The lowest BCUT2D eigenvalue weighted by Crippen LogP contribution is -2.10. The SMILES string of the molecule is CCc1nn(C)c(CC(=O)Cc2cccc(Br)c2)c1Br. The third-order valence-electron chi connectivity index (χ3n) is 3.16. The zero-order valence-electron chi connectivity index (χ0n) is 11.5. The van der Waals surface area contributed by atoms with E-state index in [0.29, 0.717) is 12.8 Å². The van der Waals surface area contributed by atoms with E-state index in [0.717, 1.165) is 32.3 Å². The molecular formula is C15H16Br2N2O. The molecule has 0 bridgehead atoms. The van der Waals surface area contributed by atoms with E-state index in [1.54, 1.807) is 4.68 Å². The number of hydrogen-bond donors (Lipinski definition) is 0. The van der Waals surface area contributed by atoms with Crippen molar-refractivity contribution in [2.24, 2.45) is 7.05 Å². The number of benzene rings is 1. The highest BCUT2D eigenvalue weighted by Gasteiger charge is 2.16. The Morgan fingerprint density at radius 1 is 1.30 bits per heavy atom. The van der Waals surface area contributed by atoms with E-state index in [2.05, 4.69) is 43.9 Å². The minimum Gasteiger partial charge on any atom is -0.299 e. The van der Waals surface area contributed by atoms with Gasteiger partial charge >= 0.3 is 0 Å². The molecule has 0 amide bonds. The van der Waals surface area contributed by atoms with Crippen LogP contribution in [0.5, 0.6) is 0 Å². The van der Waals surface area contributed by atoms with E-state index >= 15 is 0 Å². The van der Waals surface area contributed by atoms with Gasteiger partial charge in [-0.05, 0) is 40.0 Å². The molecule has 1 aromatic heterocycles. The Kier molecular flexibility index (Phi) is 5.16. The van der Waals surface area contributed by atoms with E-state index in [-0.39, 0.29) is 5.78 Å².